The lowest BCUT2D eigenvalue weighted by Crippen LogP contribution is -2.29. The van der Waals surface area contributed by atoms with E-state index in [-0.39, 0.29) is 0 Å². The number of aromatic nitrogens is 2. The number of nitrogens with two attached hydrogens (primary N) is 1. The lowest BCUT2D eigenvalue weighted by Gasteiger charge is -2.19. The highest BCUT2D eigenvalue weighted by Gasteiger charge is 2.25. The van der Waals surface area contributed by atoms with Crippen LogP contribution in [0.5, 0.6) is 0 Å². The topological polar surface area (TPSA) is 63.8 Å². The number of nitrogens with zero attached hydrogens (tertiary/aromatic N) is 2. The molecule has 0 radical (unpaired) electrons. The molecule has 14 heavy (non-hydrogen) atoms. The largest absolute Gasteiger partial charge is 0.367 e. The Kier molecular flexibility index (Phi) is 2.93. The fourth-order valence-corrected chi connectivity index (χ4v) is 2.07. The van der Waals surface area contributed by atoms with Crippen LogP contribution < -0.4 is 11.1 Å². The molecule has 1 aliphatic rings. The summed E-state index contributed by atoms with van der Waals surface area (Å²) in [6.07, 6.45) is 7.02. The van der Waals surface area contributed by atoms with Crippen molar-refractivity contribution >= 4 is 5.82 Å². The van der Waals surface area contributed by atoms with Crippen LogP contribution in [-0.2, 0) is 0 Å². The van der Waals surface area contributed by atoms with Gasteiger partial charge in [0.15, 0.2) is 0 Å². The van der Waals surface area contributed by atoms with E-state index in [1.54, 1.807) is 12.5 Å². The van der Waals surface area contributed by atoms with Crippen LogP contribution in [0.1, 0.15) is 19.3 Å². The molecule has 0 spiro atoms. The second-order valence-electron chi connectivity index (χ2n) is 3.77. The van der Waals surface area contributed by atoms with Gasteiger partial charge in [0.1, 0.15) is 12.1 Å². The van der Waals surface area contributed by atoms with Crippen molar-refractivity contribution in [1.29, 1.82) is 0 Å². The molecule has 1 saturated carbocycles. The Labute approximate surface area is 83.9 Å². The third-order valence-corrected chi connectivity index (χ3v) is 2.88. The highest BCUT2D eigenvalue weighted by molar-refractivity contribution is 5.33. The summed E-state index contributed by atoms with van der Waals surface area (Å²) in [6.45, 7) is 0.767. The average Bonchev–Trinajstić information content (AvgIpc) is 2.67. The summed E-state index contributed by atoms with van der Waals surface area (Å²) < 4.78 is 0. The molecule has 0 amide bonds. The zero-order valence-corrected chi connectivity index (χ0v) is 8.19. The van der Waals surface area contributed by atoms with E-state index in [9.17, 15) is 0 Å². The minimum atomic E-state index is 0.495. The minimum absolute atomic E-state index is 0.495. The van der Waals surface area contributed by atoms with Gasteiger partial charge in [0.2, 0.25) is 0 Å². The molecule has 0 aromatic carbocycles. The van der Waals surface area contributed by atoms with Crippen molar-refractivity contribution in [3.63, 3.8) is 0 Å². The van der Waals surface area contributed by atoms with Gasteiger partial charge in [0.05, 0.1) is 0 Å². The Morgan fingerprint density at radius 2 is 2.43 bits per heavy atom. The molecule has 1 fully saturated rings. The molecule has 3 N–H and O–H groups in total. The van der Waals surface area contributed by atoms with Crippen LogP contribution in [0.15, 0.2) is 18.6 Å². The van der Waals surface area contributed by atoms with Crippen LogP contribution in [0.4, 0.5) is 5.82 Å². The summed E-state index contributed by atoms with van der Waals surface area (Å²) in [7, 11) is 0. The van der Waals surface area contributed by atoms with Gasteiger partial charge in [-0.25, -0.2) is 9.97 Å². The molecule has 2 rings (SSSR count). The van der Waals surface area contributed by atoms with E-state index in [1.165, 1.54) is 19.3 Å². The maximum absolute atomic E-state index is 5.71. The fourth-order valence-electron chi connectivity index (χ4n) is 2.07. The van der Waals surface area contributed by atoms with Gasteiger partial charge in [0, 0.05) is 12.2 Å². The van der Waals surface area contributed by atoms with Gasteiger partial charge >= 0.3 is 0 Å². The maximum atomic E-state index is 5.71. The molecule has 2 atom stereocenters. The lowest BCUT2D eigenvalue weighted by atomic mass is 10.0. The summed E-state index contributed by atoms with van der Waals surface area (Å²) in [5.74, 6) is 1.51. The average molecular weight is 192 g/mol. The summed E-state index contributed by atoms with van der Waals surface area (Å²) in [4.78, 5) is 8.03. The number of rotatable bonds is 3. The van der Waals surface area contributed by atoms with E-state index in [4.69, 9.17) is 5.73 Å². The second kappa shape index (κ2) is 4.37. The second-order valence-corrected chi connectivity index (χ2v) is 3.77. The molecular weight excluding hydrogens is 176 g/mol. The molecule has 0 bridgehead atoms. The first-order valence-electron chi connectivity index (χ1n) is 5.13. The Balaban J connectivity index is 1.97. The zero-order valence-electron chi connectivity index (χ0n) is 8.19. The molecular formula is C10H16N4. The normalized spacial score (nSPS) is 26.4. The van der Waals surface area contributed by atoms with Crippen molar-refractivity contribution in [1.82, 2.24) is 9.97 Å². The fraction of sp³-hybridized carbons (Fsp3) is 0.600. The molecule has 0 saturated heterocycles. The van der Waals surface area contributed by atoms with Crippen molar-refractivity contribution in [2.24, 2.45) is 11.7 Å². The first-order valence-corrected chi connectivity index (χ1v) is 5.13. The first kappa shape index (κ1) is 9.40. The van der Waals surface area contributed by atoms with Crippen LogP contribution in [0.25, 0.3) is 0 Å². The Hall–Kier alpha value is -1.16. The highest BCUT2D eigenvalue weighted by Crippen LogP contribution is 2.26. The van der Waals surface area contributed by atoms with E-state index < -0.39 is 0 Å². The molecule has 2 unspecified atom stereocenters. The van der Waals surface area contributed by atoms with Crippen molar-refractivity contribution in [2.75, 3.05) is 11.9 Å². The molecule has 76 valence electrons. The standard InChI is InChI=1S/C10H16N4/c11-6-8-2-1-3-9(8)14-10-4-5-12-7-13-10/h4-5,7-9H,1-3,6,11H2,(H,12,13,14). The van der Waals surface area contributed by atoms with Crippen molar-refractivity contribution < 1.29 is 0 Å². The van der Waals surface area contributed by atoms with E-state index >= 15 is 0 Å². The zero-order chi connectivity index (χ0) is 9.80. The Morgan fingerprint density at radius 3 is 3.14 bits per heavy atom. The van der Waals surface area contributed by atoms with E-state index in [0.717, 1.165) is 12.4 Å². The van der Waals surface area contributed by atoms with Gasteiger partial charge < -0.3 is 11.1 Å². The minimum Gasteiger partial charge on any atom is -0.367 e. The van der Waals surface area contributed by atoms with E-state index in [2.05, 4.69) is 15.3 Å². The van der Waals surface area contributed by atoms with Crippen LogP contribution in [0.2, 0.25) is 0 Å². The van der Waals surface area contributed by atoms with Gasteiger partial charge in [0.25, 0.3) is 0 Å². The van der Waals surface area contributed by atoms with Crippen LogP contribution >= 0.6 is 0 Å². The predicted octanol–water partition coefficient (Wildman–Crippen LogP) is 1.02. The van der Waals surface area contributed by atoms with Gasteiger partial charge in [-0.1, -0.05) is 6.42 Å². The molecule has 1 aromatic heterocycles. The molecule has 1 aliphatic carbocycles. The highest BCUT2D eigenvalue weighted by atomic mass is 15.0. The number of anilines is 1. The maximum Gasteiger partial charge on any atom is 0.129 e. The van der Waals surface area contributed by atoms with Gasteiger partial charge in [-0.2, -0.15) is 0 Å². The summed E-state index contributed by atoms with van der Waals surface area (Å²) in [5.41, 5.74) is 5.71. The summed E-state index contributed by atoms with van der Waals surface area (Å²) in [5, 5.41) is 3.41. The molecule has 4 nitrogen and oxygen atoms in total. The monoisotopic (exact) mass is 192 g/mol. The smallest absolute Gasteiger partial charge is 0.129 e. The first-order chi connectivity index (χ1) is 6.90. The predicted molar refractivity (Wildman–Crippen MR) is 55.8 cm³/mol. The third-order valence-electron chi connectivity index (χ3n) is 2.88. The van der Waals surface area contributed by atoms with Crippen LogP contribution in [0, 0.1) is 5.92 Å². The van der Waals surface area contributed by atoms with Crippen LogP contribution in [-0.4, -0.2) is 22.6 Å². The number of hydrogen-bond donors (Lipinski definition) is 2. The SMILES string of the molecule is NCC1CCCC1Nc1ccncn1. The molecule has 1 heterocycles. The quantitative estimate of drug-likeness (QED) is 0.750. The molecule has 0 aliphatic heterocycles. The molecule has 4 heteroatoms. The summed E-state index contributed by atoms with van der Waals surface area (Å²) >= 11 is 0. The van der Waals surface area contributed by atoms with Crippen molar-refractivity contribution in [3.05, 3.63) is 18.6 Å². The summed E-state index contributed by atoms with van der Waals surface area (Å²) in [6, 6.07) is 2.39. The van der Waals surface area contributed by atoms with Crippen molar-refractivity contribution in [3.8, 4) is 0 Å². The lowest BCUT2D eigenvalue weighted by molar-refractivity contribution is 0.515. The van der Waals surface area contributed by atoms with E-state index in [0.29, 0.717) is 12.0 Å². The Morgan fingerprint density at radius 1 is 1.50 bits per heavy atom. The molecule has 1 aromatic rings. The van der Waals surface area contributed by atoms with Crippen LogP contribution in [0.3, 0.4) is 0 Å². The third kappa shape index (κ3) is 2.01. The van der Waals surface area contributed by atoms with Crippen molar-refractivity contribution in [2.45, 2.75) is 25.3 Å². The van der Waals surface area contributed by atoms with Gasteiger partial charge in [-0.05, 0) is 31.4 Å². The van der Waals surface area contributed by atoms with Gasteiger partial charge in [-0.15, -0.1) is 0 Å². The Bertz CT molecular complexity index is 275. The number of nitrogens with one attached hydrogen (secondary N) is 1. The number of hydrogen-bond acceptors (Lipinski definition) is 4. The van der Waals surface area contributed by atoms with E-state index in [1.807, 2.05) is 6.07 Å². The van der Waals surface area contributed by atoms with Gasteiger partial charge in [-0.3, -0.25) is 0 Å².